The SMILES string of the molecule is CC(C)c1ccc([C@@H]([NH2+]CC(=O)Nc2ccc(C(=O)N(C)C)cc2)C(C)C)cc1. The first kappa shape index (κ1) is 22.6. The van der Waals surface area contributed by atoms with E-state index in [1.807, 2.05) is 0 Å². The van der Waals surface area contributed by atoms with E-state index in [1.165, 1.54) is 16.0 Å². The van der Waals surface area contributed by atoms with Crippen LogP contribution in [0.15, 0.2) is 48.5 Å². The maximum Gasteiger partial charge on any atom is 0.279 e. The van der Waals surface area contributed by atoms with Gasteiger partial charge in [-0.05, 0) is 35.7 Å². The van der Waals surface area contributed by atoms with Crippen LogP contribution in [-0.2, 0) is 4.79 Å². The summed E-state index contributed by atoms with van der Waals surface area (Å²) in [6.07, 6.45) is 0. The summed E-state index contributed by atoms with van der Waals surface area (Å²) in [4.78, 5) is 25.9. The largest absolute Gasteiger partial charge is 0.345 e. The van der Waals surface area contributed by atoms with E-state index in [0.29, 0.717) is 29.6 Å². The van der Waals surface area contributed by atoms with Crippen molar-refractivity contribution in [1.29, 1.82) is 0 Å². The molecule has 2 aromatic carbocycles. The minimum absolute atomic E-state index is 0.0545. The standard InChI is InChI=1S/C24H33N3O2/c1-16(2)18-7-9-19(10-8-18)23(17(3)4)25-15-22(28)26-21-13-11-20(12-14-21)24(29)27(5)6/h7-14,16-17,23,25H,15H2,1-6H3,(H,26,28)/p+1/t23-/m0/s1. The van der Waals surface area contributed by atoms with Crippen LogP contribution >= 0.6 is 0 Å². The van der Waals surface area contributed by atoms with Gasteiger partial charge in [-0.3, -0.25) is 9.59 Å². The number of hydrogen-bond donors (Lipinski definition) is 2. The molecule has 0 spiro atoms. The summed E-state index contributed by atoms with van der Waals surface area (Å²) in [7, 11) is 3.44. The molecule has 0 heterocycles. The van der Waals surface area contributed by atoms with Crippen molar-refractivity contribution in [2.45, 2.75) is 39.7 Å². The van der Waals surface area contributed by atoms with Crippen LogP contribution in [-0.4, -0.2) is 37.4 Å². The second kappa shape index (κ2) is 10.2. The number of nitrogens with zero attached hydrogens (tertiary/aromatic N) is 1. The van der Waals surface area contributed by atoms with Crippen LogP contribution in [0.3, 0.4) is 0 Å². The van der Waals surface area contributed by atoms with E-state index in [2.05, 4.69) is 62.6 Å². The molecule has 2 aromatic rings. The van der Waals surface area contributed by atoms with Crippen LogP contribution in [0.5, 0.6) is 0 Å². The summed E-state index contributed by atoms with van der Waals surface area (Å²) in [5.74, 6) is 0.806. The third-order valence-corrected chi connectivity index (χ3v) is 5.09. The molecule has 0 unspecified atom stereocenters. The van der Waals surface area contributed by atoms with Gasteiger partial charge in [0.05, 0.1) is 0 Å². The smallest absolute Gasteiger partial charge is 0.279 e. The minimum atomic E-state index is -0.0560. The predicted molar refractivity (Wildman–Crippen MR) is 118 cm³/mol. The summed E-state index contributed by atoms with van der Waals surface area (Å²) >= 11 is 0. The highest BCUT2D eigenvalue weighted by Crippen LogP contribution is 2.21. The van der Waals surface area contributed by atoms with E-state index < -0.39 is 0 Å². The second-order valence-electron chi connectivity index (χ2n) is 8.36. The Kier molecular flexibility index (Phi) is 7.97. The average Bonchev–Trinajstić information content (AvgIpc) is 2.68. The van der Waals surface area contributed by atoms with Crippen LogP contribution in [0.4, 0.5) is 5.69 Å². The molecule has 29 heavy (non-hydrogen) atoms. The van der Waals surface area contributed by atoms with Gasteiger partial charge >= 0.3 is 0 Å². The molecular weight excluding hydrogens is 362 g/mol. The normalized spacial score (nSPS) is 12.1. The van der Waals surface area contributed by atoms with Gasteiger partial charge in [-0.25, -0.2) is 0 Å². The highest BCUT2D eigenvalue weighted by atomic mass is 16.2. The number of carbonyl (C=O) groups excluding carboxylic acids is 2. The van der Waals surface area contributed by atoms with E-state index in [0.717, 1.165) is 0 Å². The van der Waals surface area contributed by atoms with Crippen molar-refractivity contribution in [3.8, 4) is 0 Å². The number of amides is 2. The van der Waals surface area contributed by atoms with Gasteiger partial charge in [0.2, 0.25) is 0 Å². The third kappa shape index (κ3) is 6.43. The number of anilines is 1. The molecule has 3 N–H and O–H groups in total. The first-order valence-corrected chi connectivity index (χ1v) is 10.2. The van der Waals surface area contributed by atoms with Crippen LogP contribution in [0.1, 0.15) is 61.1 Å². The van der Waals surface area contributed by atoms with Crippen molar-refractivity contribution < 1.29 is 14.9 Å². The van der Waals surface area contributed by atoms with Crippen molar-refractivity contribution in [3.05, 3.63) is 65.2 Å². The van der Waals surface area contributed by atoms with Crippen molar-refractivity contribution in [2.75, 3.05) is 26.0 Å². The fraction of sp³-hybridized carbons (Fsp3) is 0.417. The zero-order chi connectivity index (χ0) is 21.6. The Balaban J connectivity index is 1.96. The predicted octanol–water partition coefficient (Wildman–Crippen LogP) is 3.41. The van der Waals surface area contributed by atoms with E-state index in [1.54, 1.807) is 38.4 Å². The fourth-order valence-electron chi connectivity index (χ4n) is 3.30. The number of nitrogens with one attached hydrogen (secondary N) is 1. The van der Waals surface area contributed by atoms with Gasteiger partial charge < -0.3 is 15.5 Å². The molecule has 0 aliphatic carbocycles. The van der Waals surface area contributed by atoms with Crippen molar-refractivity contribution in [3.63, 3.8) is 0 Å². The molecule has 0 aliphatic rings. The lowest BCUT2D eigenvalue weighted by molar-refractivity contribution is -0.692. The molecule has 156 valence electrons. The van der Waals surface area contributed by atoms with Crippen molar-refractivity contribution in [1.82, 2.24) is 4.90 Å². The van der Waals surface area contributed by atoms with Gasteiger partial charge in [0, 0.05) is 36.8 Å². The van der Waals surface area contributed by atoms with Gasteiger partial charge in [-0.1, -0.05) is 52.0 Å². The lowest BCUT2D eigenvalue weighted by Crippen LogP contribution is -2.88. The highest BCUT2D eigenvalue weighted by molar-refractivity contribution is 5.95. The minimum Gasteiger partial charge on any atom is -0.345 e. The summed E-state index contributed by atoms with van der Waals surface area (Å²) in [6, 6.07) is 15.9. The van der Waals surface area contributed by atoms with Gasteiger partial charge in [0.25, 0.3) is 11.8 Å². The van der Waals surface area contributed by atoms with Crippen LogP contribution < -0.4 is 10.6 Å². The Bertz CT molecular complexity index is 809. The molecule has 2 rings (SSSR count). The first-order valence-electron chi connectivity index (χ1n) is 10.2. The third-order valence-electron chi connectivity index (χ3n) is 5.09. The molecule has 0 saturated carbocycles. The fourth-order valence-corrected chi connectivity index (χ4v) is 3.30. The van der Waals surface area contributed by atoms with Gasteiger partial charge in [0.1, 0.15) is 6.04 Å². The molecule has 0 saturated heterocycles. The zero-order valence-corrected chi connectivity index (χ0v) is 18.4. The first-order chi connectivity index (χ1) is 13.7. The zero-order valence-electron chi connectivity index (χ0n) is 18.4. The molecule has 0 radical (unpaired) electrons. The Morgan fingerprint density at radius 3 is 1.93 bits per heavy atom. The average molecular weight is 397 g/mol. The summed E-state index contributed by atoms with van der Waals surface area (Å²) in [6.45, 7) is 9.07. The lowest BCUT2D eigenvalue weighted by atomic mass is 9.93. The number of rotatable bonds is 8. The number of nitrogens with two attached hydrogens (primary N) is 1. The maximum absolute atomic E-state index is 12.4. The Morgan fingerprint density at radius 2 is 1.45 bits per heavy atom. The molecule has 5 nitrogen and oxygen atoms in total. The quantitative estimate of drug-likeness (QED) is 0.718. The van der Waals surface area contributed by atoms with E-state index in [-0.39, 0.29) is 17.9 Å². The number of hydrogen-bond acceptors (Lipinski definition) is 2. The van der Waals surface area contributed by atoms with Crippen LogP contribution in [0.2, 0.25) is 0 Å². The lowest BCUT2D eigenvalue weighted by Gasteiger charge is -2.20. The van der Waals surface area contributed by atoms with Gasteiger partial charge in [0.15, 0.2) is 6.54 Å². The molecule has 1 atom stereocenters. The van der Waals surface area contributed by atoms with Gasteiger partial charge in [-0.2, -0.15) is 0 Å². The topological polar surface area (TPSA) is 66.0 Å². The highest BCUT2D eigenvalue weighted by Gasteiger charge is 2.20. The van der Waals surface area contributed by atoms with Crippen LogP contribution in [0.25, 0.3) is 0 Å². The molecule has 2 amide bonds. The van der Waals surface area contributed by atoms with E-state index in [4.69, 9.17) is 0 Å². The number of quaternary nitrogens is 1. The number of benzene rings is 2. The molecule has 5 heteroatoms. The maximum atomic E-state index is 12.4. The molecule has 0 bridgehead atoms. The Hall–Kier alpha value is -2.66. The van der Waals surface area contributed by atoms with Crippen LogP contribution in [0, 0.1) is 5.92 Å². The molecule has 0 fully saturated rings. The molecule has 0 aliphatic heterocycles. The second-order valence-corrected chi connectivity index (χ2v) is 8.36. The monoisotopic (exact) mass is 396 g/mol. The van der Waals surface area contributed by atoms with E-state index >= 15 is 0 Å². The van der Waals surface area contributed by atoms with Crippen molar-refractivity contribution >= 4 is 17.5 Å². The molecular formula is C24H34N3O2+. The Morgan fingerprint density at radius 1 is 0.897 bits per heavy atom. The van der Waals surface area contributed by atoms with Crippen molar-refractivity contribution in [2.24, 2.45) is 5.92 Å². The molecule has 0 aromatic heterocycles. The summed E-state index contributed by atoms with van der Waals surface area (Å²) in [5, 5.41) is 5.00. The summed E-state index contributed by atoms with van der Waals surface area (Å²) in [5.41, 5.74) is 3.86. The summed E-state index contributed by atoms with van der Waals surface area (Å²) < 4.78 is 0. The Labute approximate surface area is 174 Å². The number of carbonyl (C=O) groups is 2. The van der Waals surface area contributed by atoms with Gasteiger partial charge in [-0.15, -0.1) is 0 Å². The van der Waals surface area contributed by atoms with E-state index in [9.17, 15) is 9.59 Å².